The van der Waals surface area contributed by atoms with Gasteiger partial charge in [0.25, 0.3) is 0 Å². The Hall–Kier alpha value is -1.17. The van der Waals surface area contributed by atoms with Crippen molar-refractivity contribution in [1.29, 1.82) is 0 Å². The van der Waals surface area contributed by atoms with Gasteiger partial charge in [-0.3, -0.25) is 10.5 Å². The second-order valence-electron chi connectivity index (χ2n) is 5.90. The summed E-state index contributed by atoms with van der Waals surface area (Å²) in [6.45, 7) is 4.25. The molecule has 3 rings (SSSR count). The highest BCUT2D eigenvalue weighted by atomic mass is 79.9. The Morgan fingerprint density at radius 1 is 1.29 bits per heavy atom. The van der Waals surface area contributed by atoms with Crippen molar-refractivity contribution in [3.05, 3.63) is 51.3 Å². The molecule has 1 aromatic carbocycles. The van der Waals surface area contributed by atoms with Crippen LogP contribution < -0.4 is 11.3 Å². The second-order valence-corrected chi connectivity index (χ2v) is 6.75. The van der Waals surface area contributed by atoms with Gasteiger partial charge in [0, 0.05) is 6.04 Å². The summed E-state index contributed by atoms with van der Waals surface area (Å²) >= 11 is 3.61. The van der Waals surface area contributed by atoms with E-state index >= 15 is 0 Å². The maximum Gasteiger partial charge on any atom is 0.0890 e. The predicted octanol–water partition coefficient (Wildman–Crippen LogP) is 3.27. The van der Waals surface area contributed by atoms with Crippen molar-refractivity contribution in [3.63, 3.8) is 0 Å². The number of aromatic nitrogens is 2. The Balaban J connectivity index is 2.05. The lowest BCUT2D eigenvalue weighted by Gasteiger charge is -2.21. The number of hydrogen-bond acceptors (Lipinski definition) is 3. The van der Waals surface area contributed by atoms with Gasteiger partial charge < -0.3 is 0 Å². The number of rotatable bonds is 4. The number of fused-ring (bicyclic) bond motifs is 1. The first-order valence-electron chi connectivity index (χ1n) is 7.42. The average Bonchev–Trinajstić information content (AvgIpc) is 3.07. The van der Waals surface area contributed by atoms with E-state index in [9.17, 15) is 0 Å². The molecular weight excluding hydrogens is 328 g/mol. The zero-order valence-corrected chi connectivity index (χ0v) is 14.0. The molecule has 1 aliphatic carbocycles. The first-order valence-corrected chi connectivity index (χ1v) is 8.22. The topological polar surface area (TPSA) is 55.9 Å². The number of nitrogens with two attached hydrogens (primary N) is 1. The molecule has 0 spiro atoms. The van der Waals surface area contributed by atoms with Crippen molar-refractivity contribution in [2.75, 3.05) is 0 Å². The lowest BCUT2D eigenvalue weighted by molar-refractivity contribution is 0.475. The predicted molar refractivity (Wildman–Crippen MR) is 87.9 cm³/mol. The Morgan fingerprint density at radius 3 is 2.76 bits per heavy atom. The van der Waals surface area contributed by atoms with Crippen molar-refractivity contribution in [2.45, 2.75) is 45.2 Å². The van der Waals surface area contributed by atoms with Crippen molar-refractivity contribution >= 4 is 15.9 Å². The number of benzene rings is 1. The third-order valence-corrected chi connectivity index (χ3v) is 4.78. The number of halogens is 1. The number of hydrogen-bond donors (Lipinski definition) is 2. The van der Waals surface area contributed by atoms with E-state index in [0.717, 1.165) is 10.2 Å². The summed E-state index contributed by atoms with van der Waals surface area (Å²) in [7, 11) is 0. The van der Waals surface area contributed by atoms with E-state index in [1.54, 1.807) is 0 Å². The molecule has 1 heterocycles. The Bertz CT molecular complexity index is 648. The summed E-state index contributed by atoms with van der Waals surface area (Å²) in [5.41, 5.74) is 8.16. The minimum Gasteiger partial charge on any atom is -0.271 e. The molecule has 112 valence electrons. The van der Waals surface area contributed by atoms with E-state index in [1.807, 2.05) is 10.9 Å². The standard InChI is InChI=1S/C16H21BrN4/c1-10(2)21-16(14(17)9-19-21)15(20-18)13-7-6-11-4-3-5-12(11)8-13/h6-10,15,20H,3-5,18H2,1-2H3. The van der Waals surface area contributed by atoms with Crippen LogP contribution in [0.25, 0.3) is 0 Å². The maximum atomic E-state index is 5.87. The fourth-order valence-electron chi connectivity index (χ4n) is 3.14. The van der Waals surface area contributed by atoms with Gasteiger partial charge in [0.2, 0.25) is 0 Å². The average molecular weight is 349 g/mol. The smallest absolute Gasteiger partial charge is 0.0890 e. The summed E-state index contributed by atoms with van der Waals surface area (Å²) in [5.74, 6) is 5.87. The summed E-state index contributed by atoms with van der Waals surface area (Å²) in [5, 5.41) is 4.46. The van der Waals surface area contributed by atoms with Crippen molar-refractivity contribution < 1.29 is 0 Å². The number of aryl methyl sites for hydroxylation is 2. The normalized spacial score (nSPS) is 15.5. The summed E-state index contributed by atoms with van der Waals surface area (Å²) < 4.78 is 3.00. The molecule has 1 aliphatic rings. The van der Waals surface area contributed by atoms with Crippen LogP contribution in [0.1, 0.15) is 54.7 Å². The lowest BCUT2D eigenvalue weighted by atomic mass is 9.99. The fraction of sp³-hybridized carbons (Fsp3) is 0.438. The molecule has 3 N–H and O–H groups in total. The van der Waals surface area contributed by atoms with E-state index in [2.05, 4.69) is 58.5 Å². The van der Waals surface area contributed by atoms with Crippen molar-refractivity contribution in [2.24, 2.45) is 5.84 Å². The van der Waals surface area contributed by atoms with Crippen LogP contribution in [0.4, 0.5) is 0 Å². The van der Waals surface area contributed by atoms with E-state index < -0.39 is 0 Å². The first kappa shape index (κ1) is 14.8. The van der Waals surface area contributed by atoms with Gasteiger partial charge in [-0.05, 0) is 65.7 Å². The van der Waals surface area contributed by atoms with Gasteiger partial charge in [-0.1, -0.05) is 18.2 Å². The van der Waals surface area contributed by atoms with Crippen LogP contribution in [-0.2, 0) is 12.8 Å². The first-order chi connectivity index (χ1) is 10.1. The van der Waals surface area contributed by atoms with Crippen LogP contribution in [0.5, 0.6) is 0 Å². The van der Waals surface area contributed by atoms with E-state index in [1.165, 1.54) is 36.0 Å². The minimum atomic E-state index is -0.0600. The summed E-state index contributed by atoms with van der Waals surface area (Å²) in [6.07, 6.45) is 5.47. The number of nitrogens with one attached hydrogen (secondary N) is 1. The Labute approximate surface area is 133 Å². The Kier molecular flexibility index (Phi) is 4.15. The van der Waals surface area contributed by atoms with Gasteiger partial charge in [0.15, 0.2) is 0 Å². The number of nitrogens with zero attached hydrogens (tertiary/aromatic N) is 2. The molecule has 1 atom stereocenters. The largest absolute Gasteiger partial charge is 0.271 e. The van der Waals surface area contributed by atoms with Crippen LogP contribution in [0.15, 0.2) is 28.9 Å². The minimum absolute atomic E-state index is 0.0600. The summed E-state index contributed by atoms with van der Waals surface area (Å²) in [4.78, 5) is 0. The highest BCUT2D eigenvalue weighted by Crippen LogP contribution is 2.32. The van der Waals surface area contributed by atoms with Gasteiger partial charge in [-0.2, -0.15) is 5.10 Å². The molecule has 0 aliphatic heterocycles. The quantitative estimate of drug-likeness (QED) is 0.658. The summed E-state index contributed by atoms with van der Waals surface area (Å²) in [6, 6.07) is 6.94. The highest BCUT2D eigenvalue weighted by Gasteiger charge is 2.23. The van der Waals surface area contributed by atoms with Crippen LogP contribution >= 0.6 is 15.9 Å². The molecule has 4 nitrogen and oxygen atoms in total. The molecule has 0 bridgehead atoms. The van der Waals surface area contributed by atoms with Crippen LogP contribution in [0, 0.1) is 0 Å². The molecule has 0 saturated heterocycles. The van der Waals surface area contributed by atoms with Crippen LogP contribution in [-0.4, -0.2) is 9.78 Å². The molecule has 1 unspecified atom stereocenters. The lowest BCUT2D eigenvalue weighted by Crippen LogP contribution is -2.31. The van der Waals surface area contributed by atoms with Gasteiger partial charge in [0.05, 0.1) is 22.4 Å². The van der Waals surface area contributed by atoms with E-state index in [4.69, 9.17) is 5.84 Å². The molecule has 0 amide bonds. The second kappa shape index (κ2) is 5.91. The van der Waals surface area contributed by atoms with Gasteiger partial charge in [-0.15, -0.1) is 0 Å². The monoisotopic (exact) mass is 348 g/mol. The van der Waals surface area contributed by atoms with Gasteiger partial charge in [0.1, 0.15) is 0 Å². The molecule has 5 heteroatoms. The molecule has 21 heavy (non-hydrogen) atoms. The van der Waals surface area contributed by atoms with E-state index in [-0.39, 0.29) is 12.1 Å². The van der Waals surface area contributed by atoms with Crippen molar-refractivity contribution in [3.8, 4) is 0 Å². The van der Waals surface area contributed by atoms with Crippen molar-refractivity contribution in [1.82, 2.24) is 15.2 Å². The maximum absolute atomic E-state index is 5.87. The van der Waals surface area contributed by atoms with Crippen LogP contribution in [0.3, 0.4) is 0 Å². The molecule has 1 aromatic heterocycles. The zero-order chi connectivity index (χ0) is 15.0. The van der Waals surface area contributed by atoms with E-state index in [0.29, 0.717) is 0 Å². The molecule has 0 fully saturated rings. The van der Waals surface area contributed by atoms with Crippen LogP contribution in [0.2, 0.25) is 0 Å². The Morgan fingerprint density at radius 2 is 2.05 bits per heavy atom. The third kappa shape index (κ3) is 2.65. The molecule has 0 saturated carbocycles. The van der Waals surface area contributed by atoms with Gasteiger partial charge >= 0.3 is 0 Å². The highest BCUT2D eigenvalue weighted by molar-refractivity contribution is 9.10. The molecule has 0 radical (unpaired) electrons. The fourth-order valence-corrected chi connectivity index (χ4v) is 3.64. The SMILES string of the molecule is CC(C)n1ncc(Br)c1C(NN)c1ccc2c(c1)CCC2. The van der Waals surface area contributed by atoms with Gasteiger partial charge in [-0.25, -0.2) is 5.43 Å². The molecule has 2 aromatic rings. The number of hydrazine groups is 1. The third-order valence-electron chi connectivity index (χ3n) is 4.17. The molecular formula is C16H21BrN4. The zero-order valence-electron chi connectivity index (χ0n) is 12.4.